The molecule has 1 aromatic carbocycles. The molecule has 1 atom stereocenters. The molecule has 1 saturated heterocycles. The van der Waals surface area contributed by atoms with E-state index in [4.69, 9.17) is 4.74 Å². The summed E-state index contributed by atoms with van der Waals surface area (Å²) in [7, 11) is 0. The van der Waals surface area contributed by atoms with Crippen molar-refractivity contribution in [1.29, 1.82) is 0 Å². The number of thioether (sulfide) groups is 1. The largest absolute Gasteiger partial charge is 0.494 e. The van der Waals surface area contributed by atoms with Crippen LogP contribution in [0.15, 0.2) is 24.3 Å². The second-order valence-electron chi connectivity index (χ2n) is 4.88. The van der Waals surface area contributed by atoms with E-state index in [0.717, 1.165) is 42.9 Å². The highest BCUT2D eigenvalue weighted by atomic mass is 32.2. The summed E-state index contributed by atoms with van der Waals surface area (Å²) in [6.07, 6.45) is 3.13. The zero-order chi connectivity index (χ0) is 13.0. The number of hydrogen-bond acceptors (Lipinski definition) is 3. The average molecular weight is 264 g/mol. The Labute approximate surface area is 113 Å². The van der Waals surface area contributed by atoms with Gasteiger partial charge in [0.2, 0.25) is 0 Å². The zero-order valence-corrected chi connectivity index (χ0v) is 11.9. The molecular formula is C15H20O2S. The molecule has 1 fully saturated rings. The lowest BCUT2D eigenvalue weighted by Crippen LogP contribution is -2.28. The summed E-state index contributed by atoms with van der Waals surface area (Å²) in [4.78, 5) is 12.4. The van der Waals surface area contributed by atoms with Crippen LogP contribution in [0.25, 0.3) is 0 Å². The van der Waals surface area contributed by atoms with Crippen LogP contribution in [-0.2, 0) is 0 Å². The lowest BCUT2D eigenvalue weighted by molar-refractivity contribution is 0.0949. The lowest BCUT2D eigenvalue weighted by atomic mass is 9.95. The van der Waals surface area contributed by atoms with Gasteiger partial charge >= 0.3 is 0 Å². The molecule has 0 saturated carbocycles. The van der Waals surface area contributed by atoms with Gasteiger partial charge in [0.1, 0.15) is 5.75 Å². The minimum Gasteiger partial charge on any atom is -0.494 e. The fourth-order valence-electron chi connectivity index (χ4n) is 2.19. The predicted molar refractivity (Wildman–Crippen MR) is 76.7 cm³/mol. The molecule has 3 heteroatoms. The maximum absolute atomic E-state index is 12.4. The van der Waals surface area contributed by atoms with Crippen molar-refractivity contribution < 1.29 is 9.53 Å². The molecule has 18 heavy (non-hydrogen) atoms. The van der Waals surface area contributed by atoms with Gasteiger partial charge in [0.15, 0.2) is 5.78 Å². The highest BCUT2D eigenvalue weighted by Gasteiger charge is 2.37. The fraction of sp³-hybridized carbons (Fsp3) is 0.533. The van der Waals surface area contributed by atoms with Gasteiger partial charge in [-0.15, -0.1) is 11.8 Å². The quantitative estimate of drug-likeness (QED) is 0.753. The van der Waals surface area contributed by atoms with Crippen LogP contribution < -0.4 is 4.74 Å². The van der Waals surface area contributed by atoms with Crippen LogP contribution in [0.4, 0.5) is 0 Å². The van der Waals surface area contributed by atoms with Gasteiger partial charge in [-0.2, -0.15) is 0 Å². The third-order valence-electron chi connectivity index (χ3n) is 3.29. The van der Waals surface area contributed by atoms with Gasteiger partial charge in [0, 0.05) is 5.56 Å². The van der Waals surface area contributed by atoms with Crippen molar-refractivity contribution in [2.75, 3.05) is 12.4 Å². The molecule has 2 rings (SSSR count). The van der Waals surface area contributed by atoms with Gasteiger partial charge in [0.05, 0.1) is 11.4 Å². The van der Waals surface area contributed by atoms with E-state index in [1.807, 2.05) is 24.3 Å². The molecule has 0 N–H and O–H groups in total. The number of ether oxygens (including phenoxy) is 1. The summed E-state index contributed by atoms with van der Waals surface area (Å²) < 4.78 is 5.31. The van der Waals surface area contributed by atoms with Crippen LogP contribution in [0.5, 0.6) is 5.75 Å². The van der Waals surface area contributed by atoms with Crippen LogP contribution in [-0.4, -0.2) is 22.9 Å². The Kier molecular flexibility index (Phi) is 4.33. The molecule has 0 bridgehead atoms. The number of rotatable bonds is 5. The number of carbonyl (C=O) groups is 1. The topological polar surface area (TPSA) is 26.3 Å². The van der Waals surface area contributed by atoms with Crippen molar-refractivity contribution in [2.24, 2.45) is 0 Å². The molecule has 1 aromatic rings. The standard InChI is InChI=1S/C15H20O2S/c1-3-10-17-13-7-5-12(6-8-13)14(16)15(2)9-4-11-18-15/h5-8H,3-4,9-11H2,1-2H3. The summed E-state index contributed by atoms with van der Waals surface area (Å²) in [5.41, 5.74) is 0.802. The summed E-state index contributed by atoms with van der Waals surface area (Å²) in [6.45, 7) is 4.87. The third kappa shape index (κ3) is 2.89. The van der Waals surface area contributed by atoms with Crippen LogP contribution >= 0.6 is 11.8 Å². The molecule has 0 spiro atoms. The van der Waals surface area contributed by atoms with Crippen molar-refractivity contribution >= 4 is 17.5 Å². The maximum Gasteiger partial charge on any atom is 0.178 e. The smallest absolute Gasteiger partial charge is 0.178 e. The Hall–Kier alpha value is -0.960. The molecule has 1 unspecified atom stereocenters. The van der Waals surface area contributed by atoms with Crippen molar-refractivity contribution in [3.05, 3.63) is 29.8 Å². The number of carbonyl (C=O) groups excluding carboxylic acids is 1. The van der Waals surface area contributed by atoms with E-state index in [1.165, 1.54) is 0 Å². The summed E-state index contributed by atoms with van der Waals surface area (Å²) >= 11 is 1.78. The highest BCUT2D eigenvalue weighted by Crippen LogP contribution is 2.40. The van der Waals surface area contributed by atoms with Crippen molar-refractivity contribution in [2.45, 2.75) is 37.9 Å². The zero-order valence-electron chi connectivity index (χ0n) is 11.1. The molecule has 0 aliphatic carbocycles. The van der Waals surface area contributed by atoms with Gasteiger partial charge in [-0.25, -0.2) is 0 Å². The molecule has 0 radical (unpaired) electrons. The van der Waals surface area contributed by atoms with E-state index in [-0.39, 0.29) is 10.5 Å². The van der Waals surface area contributed by atoms with Crippen LogP contribution in [0, 0.1) is 0 Å². The summed E-state index contributed by atoms with van der Waals surface area (Å²) in [5.74, 6) is 2.20. The van der Waals surface area contributed by atoms with Crippen molar-refractivity contribution in [3.8, 4) is 5.75 Å². The van der Waals surface area contributed by atoms with E-state index >= 15 is 0 Å². The Morgan fingerprint density at radius 1 is 1.39 bits per heavy atom. The molecule has 0 aromatic heterocycles. The monoisotopic (exact) mass is 264 g/mol. The first-order valence-corrected chi connectivity index (χ1v) is 7.56. The van der Waals surface area contributed by atoms with Crippen molar-refractivity contribution in [1.82, 2.24) is 0 Å². The Morgan fingerprint density at radius 2 is 2.11 bits per heavy atom. The first kappa shape index (κ1) is 13.5. The lowest BCUT2D eigenvalue weighted by Gasteiger charge is -2.20. The van der Waals surface area contributed by atoms with E-state index in [0.29, 0.717) is 0 Å². The SMILES string of the molecule is CCCOc1ccc(C(=O)C2(C)CCCS2)cc1. The van der Waals surface area contributed by atoms with Crippen LogP contribution in [0.1, 0.15) is 43.5 Å². The molecule has 1 heterocycles. The van der Waals surface area contributed by atoms with E-state index in [9.17, 15) is 4.79 Å². The number of hydrogen-bond donors (Lipinski definition) is 0. The molecule has 1 aliphatic rings. The molecule has 2 nitrogen and oxygen atoms in total. The Balaban J connectivity index is 2.07. The summed E-state index contributed by atoms with van der Waals surface area (Å²) in [6, 6.07) is 7.56. The van der Waals surface area contributed by atoms with Crippen molar-refractivity contribution in [3.63, 3.8) is 0 Å². The van der Waals surface area contributed by atoms with Gasteiger partial charge in [-0.05, 0) is 56.2 Å². The minimum absolute atomic E-state index is 0.216. The molecular weight excluding hydrogens is 244 g/mol. The second kappa shape index (κ2) is 5.79. The molecule has 1 aliphatic heterocycles. The third-order valence-corrected chi connectivity index (χ3v) is 4.81. The maximum atomic E-state index is 12.4. The van der Waals surface area contributed by atoms with E-state index < -0.39 is 0 Å². The van der Waals surface area contributed by atoms with E-state index in [2.05, 4.69) is 13.8 Å². The van der Waals surface area contributed by atoms with Crippen LogP contribution in [0.3, 0.4) is 0 Å². The number of Topliss-reactive ketones (excluding diaryl/α,β-unsaturated/α-hetero) is 1. The normalized spacial score (nSPS) is 23.0. The average Bonchev–Trinajstić information content (AvgIpc) is 2.84. The number of benzene rings is 1. The highest BCUT2D eigenvalue weighted by molar-refractivity contribution is 8.01. The van der Waals surface area contributed by atoms with Gasteiger partial charge < -0.3 is 4.74 Å². The van der Waals surface area contributed by atoms with E-state index in [1.54, 1.807) is 11.8 Å². The summed E-state index contributed by atoms with van der Waals surface area (Å²) in [5, 5.41) is 0. The molecule has 98 valence electrons. The fourth-order valence-corrected chi connectivity index (χ4v) is 3.46. The number of ketones is 1. The first-order valence-electron chi connectivity index (χ1n) is 6.57. The van der Waals surface area contributed by atoms with Crippen LogP contribution in [0.2, 0.25) is 0 Å². The van der Waals surface area contributed by atoms with Gasteiger partial charge in [-0.1, -0.05) is 6.92 Å². The second-order valence-corrected chi connectivity index (χ2v) is 6.48. The first-order chi connectivity index (χ1) is 8.65. The van der Waals surface area contributed by atoms with Gasteiger partial charge in [-0.3, -0.25) is 4.79 Å². The predicted octanol–water partition coefficient (Wildman–Crippen LogP) is 3.94. The minimum atomic E-state index is -0.216. The van der Waals surface area contributed by atoms with Gasteiger partial charge in [0.25, 0.3) is 0 Å². The molecule has 0 amide bonds. The Morgan fingerprint density at radius 3 is 2.67 bits per heavy atom. The Bertz CT molecular complexity index is 405.